The second-order valence-electron chi connectivity index (χ2n) is 9.78. The van der Waals surface area contributed by atoms with Gasteiger partial charge in [-0.2, -0.15) is 0 Å². The third-order valence-electron chi connectivity index (χ3n) is 7.87. The number of nitro benzene ring substituents is 1. The smallest absolute Gasteiger partial charge is 0.331 e. The fourth-order valence-corrected chi connectivity index (χ4v) is 6.22. The number of carbonyl (C=O) groups is 3. The number of fused-ring (bicyclic) bond motifs is 4. The van der Waals surface area contributed by atoms with E-state index in [4.69, 9.17) is 0 Å². The Morgan fingerprint density at radius 1 is 1.12 bits per heavy atom. The number of nitrogens with one attached hydrogen (secondary N) is 1. The lowest BCUT2D eigenvalue weighted by Crippen LogP contribution is -2.74. The summed E-state index contributed by atoms with van der Waals surface area (Å²) in [5.41, 5.74) is -0.0553. The maximum atomic E-state index is 14.1. The number of carbonyl (C=O) groups excluding carboxylic acids is 3. The van der Waals surface area contributed by atoms with Crippen molar-refractivity contribution in [2.24, 2.45) is 11.3 Å². The first-order chi connectivity index (χ1) is 15.3. The Labute approximate surface area is 186 Å². The van der Waals surface area contributed by atoms with Crippen LogP contribution >= 0.6 is 0 Å². The summed E-state index contributed by atoms with van der Waals surface area (Å²) in [6.45, 7) is 2.78. The number of imide groups is 2. The number of amides is 4. The maximum Gasteiger partial charge on any atom is 0.331 e. The van der Waals surface area contributed by atoms with Gasteiger partial charge in [-0.3, -0.25) is 29.9 Å². The number of anilines is 1. The molecule has 0 unspecified atom stereocenters. The largest absolute Gasteiger partial charge is 0.367 e. The molecule has 0 radical (unpaired) electrons. The van der Waals surface area contributed by atoms with Gasteiger partial charge in [-0.05, 0) is 43.2 Å². The minimum atomic E-state index is -1.46. The zero-order valence-corrected chi connectivity index (χ0v) is 18.2. The van der Waals surface area contributed by atoms with E-state index in [2.05, 4.69) is 17.1 Å². The number of piperidine rings is 1. The van der Waals surface area contributed by atoms with E-state index in [0.717, 1.165) is 44.2 Å². The van der Waals surface area contributed by atoms with Gasteiger partial charge in [-0.25, -0.2) is 4.79 Å². The molecule has 1 N–H and O–H groups in total. The number of nitrogens with zero attached hydrogens (tertiary/aromatic N) is 3. The average Bonchev–Trinajstić information content (AvgIpc) is 2.77. The average molecular weight is 441 g/mol. The Kier molecular flexibility index (Phi) is 4.94. The molecule has 1 saturated carbocycles. The summed E-state index contributed by atoms with van der Waals surface area (Å²) in [6.07, 6.45) is 6.10. The van der Waals surface area contributed by atoms with Gasteiger partial charge in [0.1, 0.15) is 0 Å². The Morgan fingerprint density at radius 2 is 1.88 bits per heavy atom. The van der Waals surface area contributed by atoms with Crippen molar-refractivity contribution in [3.63, 3.8) is 0 Å². The molecule has 1 aliphatic carbocycles. The van der Waals surface area contributed by atoms with Gasteiger partial charge in [0.2, 0.25) is 11.8 Å². The summed E-state index contributed by atoms with van der Waals surface area (Å²) in [5.74, 6) is -0.672. The third kappa shape index (κ3) is 3.01. The lowest BCUT2D eigenvalue weighted by Gasteiger charge is -2.55. The molecule has 4 aliphatic rings. The van der Waals surface area contributed by atoms with Gasteiger partial charge >= 0.3 is 6.03 Å². The highest BCUT2D eigenvalue weighted by molar-refractivity contribution is 6.20. The van der Waals surface area contributed by atoms with Crippen LogP contribution in [0.25, 0.3) is 0 Å². The molecule has 3 atom stereocenters. The summed E-state index contributed by atoms with van der Waals surface area (Å²) >= 11 is 0. The Bertz CT molecular complexity index is 1000. The van der Waals surface area contributed by atoms with Crippen LogP contribution in [0.1, 0.15) is 57.4 Å². The molecule has 2 saturated heterocycles. The second kappa shape index (κ2) is 7.56. The monoisotopic (exact) mass is 440 g/mol. The Morgan fingerprint density at radius 3 is 2.59 bits per heavy atom. The molecule has 0 bridgehead atoms. The minimum absolute atomic E-state index is 0.0633. The van der Waals surface area contributed by atoms with Gasteiger partial charge in [0.25, 0.3) is 5.69 Å². The van der Waals surface area contributed by atoms with Crippen LogP contribution < -0.4 is 10.2 Å². The van der Waals surface area contributed by atoms with Gasteiger partial charge in [-0.15, -0.1) is 0 Å². The first-order valence-corrected chi connectivity index (χ1v) is 11.6. The maximum absolute atomic E-state index is 14.1. The van der Waals surface area contributed by atoms with Crippen LogP contribution in [0.5, 0.6) is 0 Å². The zero-order chi connectivity index (χ0) is 22.6. The van der Waals surface area contributed by atoms with Crippen LogP contribution in [0.15, 0.2) is 18.2 Å². The minimum Gasteiger partial charge on any atom is -0.367 e. The molecule has 1 aromatic rings. The van der Waals surface area contributed by atoms with E-state index < -0.39 is 28.2 Å². The summed E-state index contributed by atoms with van der Waals surface area (Å²) in [4.78, 5) is 54.7. The number of non-ortho nitro benzene ring substituents is 1. The molecule has 3 aliphatic heterocycles. The lowest BCUT2D eigenvalue weighted by atomic mass is 9.64. The molecule has 0 aromatic heterocycles. The van der Waals surface area contributed by atoms with Crippen molar-refractivity contribution in [2.45, 2.75) is 70.4 Å². The number of benzene rings is 1. The van der Waals surface area contributed by atoms with Crippen LogP contribution in [0.2, 0.25) is 0 Å². The fraction of sp³-hybridized carbons (Fsp3) is 0.609. The number of urea groups is 1. The van der Waals surface area contributed by atoms with Crippen molar-refractivity contribution >= 4 is 29.2 Å². The Balaban J connectivity index is 1.63. The zero-order valence-electron chi connectivity index (χ0n) is 18.2. The summed E-state index contributed by atoms with van der Waals surface area (Å²) < 4.78 is 0. The molecule has 3 heterocycles. The van der Waals surface area contributed by atoms with Gasteiger partial charge in [-0.1, -0.05) is 26.2 Å². The number of nitro groups is 1. The first-order valence-electron chi connectivity index (χ1n) is 11.6. The molecule has 5 rings (SSSR count). The van der Waals surface area contributed by atoms with Crippen molar-refractivity contribution in [1.29, 1.82) is 0 Å². The van der Waals surface area contributed by atoms with E-state index >= 15 is 0 Å². The first kappa shape index (κ1) is 20.9. The van der Waals surface area contributed by atoms with E-state index in [1.165, 1.54) is 17.0 Å². The highest BCUT2D eigenvalue weighted by Crippen LogP contribution is 2.49. The molecule has 3 fully saturated rings. The Hall–Kier alpha value is -2.97. The molecular weight excluding hydrogens is 412 g/mol. The fourth-order valence-electron chi connectivity index (χ4n) is 6.22. The van der Waals surface area contributed by atoms with Gasteiger partial charge in [0.05, 0.1) is 11.0 Å². The number of hydrogen-bond donors (Lipinski definition) is 1. The lowest BCUT2D eigenvalue weighted by molar-refractivity contribution is -0.384. The van der Waals surface area contributed by atoms with Crippen molar-refractivity contribution in [1.82, 2.24) is 10.2 Å². The topological polar surface area (TPSA) is 113 Å². The van der Waals surface area contributed by atoms with Crippen molar-refractivity contribution < 1.29 is 19.3 Å². The number of hydrogen-bond acceptors (Lipinski definition) is 6. The van der Waals surface area contributed by atoms with Crippen LogP contribution in [0.3, 0.4) is 0 Å². The molecule has 32 heavy (non-hydrogen) atoms. The van der Waals surface area contributed by atoms with Crippen molar-refractivity contribution in [3.8, 4) is 0 Å². The summed E-state index contributed by atoms with van der Waals surface area (Å²) in [6, 6.07) is 3.48. The molecule has 1 spiro atoms. The molecule has 1 aromatic carbocycles. The van der Waals surface area contributed by atoms with E-state index in [-0.39, 0.29) is 24.2 Å². The summed E-state index contributed by atoms with van der Waals surface area (Å²) in [7, 11) is 0. The van der Waals surface area contributed by atoms with Crippen LogP contribution in [-0.4, -0.2) is 46.3 Å². The number of barbiturate groups is 1. The predicted molar refractivity (Wildman–Crippen MR) is 116 cm³/mol. The molecule has 4 amide bonds. The van der Waals surface area contributed by atoms with Crippen molar-refractivity contribution in [3.05, 3.63) is 33.9 Å². The van der Waals surface area contributed by atoms with E-state index in [9.17, 15) is 24.5 Å². The van der Waals surface area contributed by atoms with Crippen LogP contribution in [0.4, 0.5) is 16.2 Å². The molecule has 170 valence electrons. The molecular formula is C23H28N4O5. The van der Waals surface area contributed by atoms with Crippen LogP contribution in [-0.2, 0) is 16.0 Å². The van der Waals surface area contributed by atoms with E-state index in [1.54, 1.807) is 6.07 Å². The highest BCUT2D eigenvalue weighted by Gasteiger charge is 2.63. The second-order valence-corrected chi connectivity index (χ2v) is 9.78. The normalized spacial score (nSPS) is 30.7. The number of rotatable bonds is 2. The molecule has 9 heteroatoms. The summed E-state index contributed by atoms with van der Waals surface area (Å²) in [5, 5.41) is 13.9. The highest BCUT2D eigenvalue weighted by atomic mass is 16.6. The standard InChI is InChI=1S/C23H28N4O5/c1-14-9-10-25-18-8-7-17(27(31)32)12-15(18)13-23(19(25)11-14)20(28)24-22(30)26(21(23)29)16-5-3-2-4-6-16/h7-8,12,14,16,19H,2-6,9-11,13H2,1H3,(H,24,28,30)/t14-,19-,23-/m1/s1. The van der Waals surface area contributed by atoms with E-state index in [1.807, 2.05) is 0 Å². The predicted octanol–water partition coefficient (Wildman–Crippen LogP) is 3.15. The van der Waals surface area contributed by atoms with E-state index in [0.29, 0.717) is 24.4 Å². The SMILES string of the molecule is C[C@@H]1CCN2c3ccc([N+](=O)[O-])cc3C[C@]3(C(=O)NC(=O)N(C4CCCCC4)C3=O)[C@H]2C1. The van der Waals surface area contributed by atoms with Gasteiger partial charge in [0, 0.05) is 36.8 Å². The van der Waals surface area contributed by atoms with Gasteiger partial charge in [0.15, 0.2) is 5.41 Å². The van der Waals surface area contributed by atoms with Crippen molar-refractivity contribution in [2.75, 3.05) is 11.4 Å². The van der Waals surface area contributed by atoms with Gasteiger partial charge < -0.3 is 4.90 Å². The quantitative estimate of drug-likeness (QED) is 0.429. The molecule has 9 nitrogen and oxygen atoms in total. The third-order valence-corrected chi connectivity index (χ3v) is 7.87. The van der Waals surface area contributed by atoms with Crippen LogP contribution in [0, 0.1) is 21.4 Å².